The van der Waals surface area contributed by atoms with Crippen LogP contribution in [0.5, 0.6) is 5.75 Å². The Kier molecular flexibility index (Phi) is 4.20. The van der Waals surface area contributed by atoms with Gasteiger partial charge in [-0.15, -0.1) is 0 Å². The summed E-state index contributed by atoms with van der Waals surface area (Å²) in [7, 11) is -2.46. The minimum atomic E-state index is -3.99. The first-order chi connectivity index (χ1) is 9.48. The van der Waals surface area contributed by atoms with Crippen molar-refractivity contribution < 1.29 is 22.4 Å². The molecule has 0 atom stereocenters. The van der Waals surface area contributed by atoms with E-state index in [1.807, 2.05) is 0 Å². The molecule has 1 N–H and O–H groups in total. The van der Waals surface area contributed by atoms with Crippen molar-refractivity contribution in [3.8, 4) is 17.1 Å². The van der Waals surface area contributed by atoms with E-state index in [9.17, 15) is 8.42 Å². The fraction of sp³-hybridized carbons (Fsp3) is 0.273. The molecule has 0 fully saturated rings. The molecule has 0 amide bonds. The summed E-state index contributed by atoms with van der Waals surface area (Å²) in [6.45, 7) is 0.0720. The second-order valence-electron chi connectivity index (χ2n) is 3.91. The van der Waals surface area contributed by atoms with Crippen LogP contribution < -0.4 is 9.42 Å². The van der Waals surface area contributed by atoms with Gasteiger partial charge in [0, 0.05) is 11.6 Å². The van der Waals surface area contributed by atoms with Gasteiger partial charge in [-0.3, -0.25) is 4.55 Å². The first kappa shape index (κ1) is 14.3. The van der Waals surface area contributed by atoms with Gasteiger partial charge in [-0.05, 0) is 5.10 Å². The molecule has 0 aliphatic heterocycles. The highest BCUT2D eigenvalue weighted by atomic mass is 32.2. The normalized spacial score (nSPS) is 11.3. The van der Waals surface area contributed by atoms with Crippen LogP contribution in [0.3, 0.4) is 0 Å². The summed E-state index contributed by atoms with van der Waals surface area (Å²) in [5, 5.41) is 4.03. The third-order valence-corrected chi connectivity index (χ3v) is 3.17. The van der Waals surface area contributed by atoms with E-state index in [2.05, 4.69) is 15.1 Å². The lowest BCUT2D eigenvalue weighted by Gasteiger charge is -2.00. The third-order valence-electron chi connectivity index (χ3n) is 2.47. The Morgan fingerprint density at radius 2 is 2.00 bits per heavy atom. The van der Waals surface area contributed by atoms with Gasteiger partial charge < -0.3 is 4.74 Å². The minimum absolute atomic E-state index is 0.0720. The van der Waals surface area contributed by atoms with Crippen molar-refractivity contribution in [2.45, 2.75) is 6.54 Å². The minimum Gasteiger partial charge on any atom is -0.494 e. The molecule has 0 unspecified atom stereocenters. The van der Waals surface area contributed by atoms with E-state index in [1.165, 1.54) is 18.0 Å². The SMILES string of the molecule is COc1cnc(-c2cc[n+](CCS(=O)(=O)O)nc2)nc1. The van der Waals surface area contributed by atoms with E-state index in [4.69, 9.17) is 9.29 Å². The summed E-state index contributed by atoms with van der Waals surface area (Å²) in [6, 6.07) is 1.71. The molecule has 0 saturated carbocycles. The predicted molar refractivity (Wildman–Crippen MR) is 68.4 cm³/mol. The molecular formula is C11H13N4O4S+. The summed E-state index contributed by atoms with van der Waals surface area (Å²) < 4.78 is 36.3. The molecule has 0 spiro atoms. The van der Waals surface area contributed by atoms with Crippen LogP contribution in [0.25, 0.3) is 11.4 Å². The van der Waals surface area contributed by atoms with Crippen molar-refractivity contribution in [1.29, 1.82) is 0 Å². The van der Waals surface area contributed by atoms with Crippen molar-refractivity contribution >= 4 is 10.1 Å². The molecule has 2 heterocycles. The molecule has 0 saturated heterocycles. The van der Waals surface area contributed by atoms with Crippen LogP contribution in [0, 0.1) is 0 Å². The number of nitrogens with zero attached hydrogens (tertiary/aromatic N) is 4. The number of ether oxygens (including phenoxy) is 1. The molecule has 0 radical (unpaired) electrons. The molecule has 2 aromatic rings. The molecule has 2 rings (SSSR count). The number of methoxy groups -OCH3 is 1. The molecule has 0 aliphatic carbocycles. The number of aryl methyl sites for hydroxylation is 1. The quantitative estimate of drug-likeness (QED) is 0.597. The molecule has 0 bridgehead atoms. The van der Waals surface area contributed by atoms with Gasteiger partial charge in [0.05, 0.1) is 19.5 Å². The summed E-state index contributed by atoms with van der Waals surface area (Å²) in [5.74, 6) is 0.657. The second kappa shape index (κ2) is 5.88. The van der Waals surface area contributed by atoms with Crippen LogP contribution in [-0.2, 0) is 16.7 Å². The molecule has 0 aliphatic rings. The van der Waals surface area contributed by atoms with Crippen LogP contribution >= 0.6 is 0 Å². The van der Waals surface area contributed by atoms with Crippen LogP contribution in [0.15, 0.2) is 30.9 Å². The van der Waals surface area contributed by atoms with E-state index in [-0.39, 0.29) is 12.3 Å². The first-order valence-corrected chi connectivity index (χ1v) is 7.26. The molecular weight excluding hydrogens is 284 g/mol. The summed E-state index contributed by atoms with van der Waals surface area (Å²) >= 11 is 0. The van der Waals surface area contributed by atoms with Crippen molar-refractivity contribution in [2.75, 3.05) is 12.9 Å². The van der Waals surface area contributed by atoms with Crippen molar-refractivity contribution in [3.05, 3.63) is 30.9 Å². The zero-order valence-corrected chi connectivity index (χ0v) is 11.5. The highest BCUT2D eigenvalue weighted by Crippen LogP contribution is 2.13. The number of rotatable bonds is 5. The molecule has 0 aromatic carbocycles. The van der Waals surface area contributed by atoms with Gasteiger partial charge in [-0.1, -0.05) is 4.68 Å². The number of aromatic nitrogens is 4. The van der Waals surface area contributed by atoms with Crippen LogP contribution in [-0.4, -0.2) is 40.9 Å². The standard InChI is InChI=1S/C11H12N4O4S/c1-19-10-7-12-11(13-8-10)9-2-3-15(14-6-9)4-5-20(16,17)18/h2-3,6-8H,4-5H2,1H3/p+1. The Hall–Kier alpha value is -2.13. The van der Waals surface area contributed by atoms with E-state index in [0.29, 0.717) is 17.1 Å². The number of hydrogen-bond acceptors (Lipinski definition) is 6. The van der Waals surface area contributed by atoms with Gasteiger partial charge in [-0.25, -0.2) is 9.97 Å². The lowest BCUT2D eigenvalue weighted by Crippen LogP contribution is -2.40. The monoisotopic (exact) mass is 297 g/mol. The molecule has 9 heteroatoms. The summed E-state index contributed by atoms with van der Waals surface area (Å²) in [6.07, 6.45) is 6.20. The van der Waals surface area contributed by atoms with Gasteiger partial charge in [0.1, 0.15) is 11.9 Å². The van der Waals surface area contributed by atoms with E-state index in [0.717, 1.165) is 0 Å². The Morgan fingerprint density at radius 3 is 2.50 bits per heavy atom. The lowest BCUT2D eigenvalue weighted by atomic mass is 10.3. The Balaban J connectivity index is 2.10. The fourth-order valence-electron chi connectivity index (χ4n) is 1.43. The van der Waals surface area contributed by atoms with Gasteiger partial charge in [0.15, 0.2) is 24.3 Å². The van der Waals surface area contributed by atoms with Crippen LogP contribution in [0.4, 0.5) is 0 Å². The average Bonchev–Trinajstić information content (AvgIpc) is 2.45. The van der Waals surface area contributed by atoms with Crippen molar-refractivity contribution in [3.63, 3.8) is 0 Å². The second-order valence-corrected chi connectivity index (χ2v) is 5.48. The van der Waals surface area contributed by atoms with Gasteiger partial charge in [0.2, 0.25) is 0 Å². The fourth-order valence-corrected chi connectivity index (χ4v) is 1.85. The Bertz CT molecular complexity index is 671. The van der Waals surface area contributed by atoms with E-state index < -0.39 is 10.1 Å². The van der Waals surface area contributed by atoms with Gasteiger partial charge in [0.25, 0.3) is 10.1 Å². The van der Waals surface area contributed by atoms with Crippen LogP contribution in [0.2, 0.25) is 0 Å². The largest absolute Gasteiger partial charge is 0.494 e. The van der Waals surface area contributed by atoms with E-state index >= 15 is 0 Å². The zero-order valence-electron chi connectivity index (χ0n) is 10.7. The van der Waals surface area contributed by atoms with Gasteiger partial charge >= 0.3 is 0 Å². The molecule has 8 nitrogen and oxygen atoms in total. The topological polar surface area (TPSA) is 106 Å². The Labute approximate surface area is 115 Å². The number of hydrogen-bond donors (Lipinski definition) is 1. The molecule has 2 aromatic heterocycles. The van der Waals surface area contributed by atoms with Gasteiger partial charge in [-0.2, -0.15) is 8.42 Å². The lowest BCUT2D eigenvalue weighted by molar-refractivity contribution is -0.750. The summed E-state index contributed by atoms with van der Waals surface area (Å²) in [5.41, 5.74) is 0.691. The van der Waals surface area contributed by atoms with E-state index in [1.54, 1.807) is 24.7 Å². The average molecular weight is 297 g/mol. The maximum Gasteiger partial charge on any atom is 0.271 e. The van der Waals surface area contributed by atoms with Crippen LogP contribution in [0.1, 0.15) is 0 Å². The Morgan fingerprint density at radius 1 is 1.30 bits per heavy atom. The first-order valence-electron chi connectivity index (χ1n) is 5.65. The molecule has 20 heavy (non-hydrogen) atoms. The van der Waals surface area contributed by atoms with Crippen molar-refractivity contribution in [1.82, 2.24) is 15.1 Å². The highest BCUT2D eigenvalue weighted by molar-refractivity contribution is 7.85. The maximum atomic E-state index is 10.6. The third kappa shape index (κ3) is 3.93. The smallest absolute Gasteiger partial charge is 0.271 e. The highest BCUT2D eigenvalue weighted by Gasteiger charge is 2.12. The summed E-state index contributed by atoms with van der Waals surface area (Å²) in [4.78, 5) is 8.23. The van der Waals surface area contributed by atoms with Crippen molar-refractivity contribution in [2.24, 2.45) is 0 Å². The molecule has 106 valence electrons. The maximum absolute atomic E-state index is 10.6. The zero-order chi connectivity index (χ0) is 14.6. The predicted octanol–water partition coefficient (Wildman–Crippen LogP) is -0.277.